The first-order valence-corrected chi connectivity index (χ1v) is 9.95. The van der Waals surface area contributed by atoms with Crippen LogP contribution in [0, 0.1) is 11.3 Å². The zero-order chi connectivity index (χ0) is 20.5. The highest BCUT2D eigenvalue weighted by Gasteiger charge is 2.40. The Morgan fingerprint density at radius 2 is 2.21 bits per heavy atom. The molecule has 0 radical (unpaired) electrons. The summed E-state index contributed by atoms with van der Waals surface area (Å²) < 4.78 is 6.30. The molecule has 7 heteroatoms. The summed E-state index contributed by atoms with van der Waals surface area (Å²) in [5.41, 5.74) is 2.56. The van der Waals surface area contributed by atoms with Crippen molar-refractivity contribution in [3.05, 3.63) is 34.9 Å². The van der Waals surface area contributed by atoms with Crippen molar-refractivity contribution in [2.75, 3.05) is 26.7 Å². The number of ether oxygens (including phenoxy) is 1. The maximum absolute atomic E-state index is 12.7. The second kappa shape index (κ2) is 7.80. The predicted molar refractivity (Wildman–Crippen MR) is 113 cm³/mol. The molecule has 0 aromatic heterocycles. The molecule has 2 heterocycles. The highest BCUT2D eigenvalue weighted by atomic mass is 32.1. The van der Waals surface area contributed by atoms with E-state index in [4.69, 9.17) is 17.0 Å². The van der Waals surface area contributed by atoms with E-state index >= 15 is 0 Å². The first-order valence-electron chi connectivity index (χ1n) is 9.55. The van der Waals surface area contributed by atoms with Gasteiger partial charge in [0.05, 0.1) is 17.3 Å². The third-order valence-corrected chi connectivity index (χ3v) is 5.61. The molecule has 1 aromatic rings. The summed E-state index contributed by atoms with van der Waals surface area (Å²) in [7, 11) is 1.93. The smallest absolute Gasteiger partial charge is 0.227 e. The predicted octanol–water partition coefficient (Wildman–Crippen LogP) is 2.89. The van der Waals surface area contributed by atoms with Gasteiger partial charge in [-0.1, -0.05) is 0 Å². The Morgan fingerprint density at radius 3 is 2.82 bits per heavy atom. The van der Waals surface area contributed by atoms with Crippen molar-refractivity contribution in [1.29, 1.82) is 5.26 Å². The SMILES string of the molecule is CCNC(=S)N(C)CC1=C(N2CCCC2=O)c2cc(C#N)ccc2OC1(C)C. The number of likely N-dealkylation sites (N-methyl/N-ethyl adjacent to an activating group) is 1. The van der Waals surface area contributed by atoms with Gasteiger partial charge in [-0.15, -0.1) is 0 Å². The first-order chi connectivity index (χ1) is 13.3. The number of benzene rings is 1. The Labute approximate surface area is 171 Å². The standard InChI is InChI=1S/C21H26N4O2S/c1-5-23-20(28)24(4)13-16-19(25-10-6-7-18(25)26)15-11-14(12-22)8-9-17(15)27-21(16,2)3/h8-9,11H,5-7,10,13H2,1-4H3,(H,23,28). The lowest BCUT2D eigenvalue weighted by Gasteiger charge is -2.41. The number of amides is 1. The fraction of sp³-hybridized carbons (Fsp3) is 0.476. The first kappa shape index (κ1) is 20.2. The van der Waals surface area contributed by atoms with Crippen molar-refractivity contribution in [3.8, 4) is 11.8 Å². The topological polar surface area (TPSA) is 68.6 Å². The van der Waals surface area contributed by atoms with Crippen LogP contribution >= 0.6 is 12.2 Å². The molecule has 3 rings (SSSR count). The van der Waals surface area contributed by atoms with Gasteiger partial charge in [-0.25, -0.2) is 0 Å². The van der Waals surface area contributed by atoms with E-state index in [9.17, 15) is 10.1 Å². The summed E-state index contributed by atoms with van der Waals surface area (Å²) in [5, 5.41) is 13.2. The Hall–Kier alpha value is -2.59. The molecule has 0 atom stereocenters. The third-order valence-electron chi connectivity index (χ3n) is 5.15. The molecular formula is C21H26N4O2S. The maximum Gasteiger partial charge on any atom is 0.227 e. The number of nitrogens with zero attached hydrogens (tertiary/aromatic N) is 3. The summed E-state index contributed by atoms with van der Waals surface area (Å²) in [4.78, 5) is 16.5. The van der Waals surface area contributed by atoms with Crippen LogP contribution in [0.1, 0.15) is 44.7 Å². The fourth-order valence-corrected chi connectivity index (χ4v) is 3.92. The second-order valence-corrected chi connectivity index (χ2v) is 7.99. The van der Waals surface area contributed by atoms with E-state index in [2.05, 4.69) is 11.4 Å². The van der Waals surface area contributed by atoms with Crippen LogP contribution in [0.5, 0.6) is 5.75 Å². The van der Waals surface area contributed by atoms with E-state index in [0.29, 0.717) is 35.9 Å². The van der Waals surface area contributed by atoms with Gasteiger partial charge >= 0.3 is 0 Å². The molecular weight excluding hydrogens is 372 g/mol. The maximum atomic E-state index is 12.7. The Bertz CT molecular complexity index is 885. The van der Waals surface area contributed by atoms with Gasteiger partial charge in [0.25, 0.3) is 0 Å². The lowest BCUT2D eigenvalue weighted by atomic mass is 9.88. The number of hydrogen-bond acceptors (Lipinski definition) is 4. The largest absolute Gasteiger partial charge is 0.483 e. The number of nitriles is 1. The van der Waals surface area contributed by atoms with Crippen molar-refractivity contribution in [2.24, 2.45) is 0 Å². The van der Waals surface area contributed by atoms with Crippen LogP contribution in [-0.2, 0) is 4.79 Å². The molecule has 1 amide bonds. The summed E-state index contributed by atoms with van der Waals surface area (Å²) in [6.45, 7) is 7.96. The van der Waals surface area contributed by atoms with E-state index in [1.54, 1.807) is 6.07 Å². The molecule has 1 fully saturated rings. The molecule has 2 aliphatic rings. The molecule has 0 saturated carbocycles. The van der Waals surface area contributed by atoms with Crippen LogP contribution in [0.3, 0.4) is 0 Å². The van der Waals surface area contributed by atoms with Gasteiger partial charge in [0, 0.05) is 44.2 Å². The van der Waals surface area contributed by atoms with Gasteiger partial charge in [-0.3, -0.25) is 4.79 Å². The summed E-state index contributed by atoms with van der Waals surface area (Å²) in [6, 6.07) is 7.57. The lowest BCUT2D eigenvalue weighted by molar-refractivity contribution is -0.125. The minimum absolute atomic E-state index is 0.107. The van der Waals surface area contributed by atoms with E-state index in [1.807, 2.05) is 49.8 Å². The van der Waals surface area contributed by atoms with Gasteiger partial charge in [0.1, 0.15) is 11.4 Å². The van der Waals surface area contributed by atoms with Crippen molar-refractivity contribution < 1.29 is 9.53 Å². The zero-order valence-corrected chi connectivity index (χ0v) is 17.7. The number of thiocarbonyl (C=S) groups is 1. The van der Waals surface area contributed by atoms with Crippen molar-refractivity contribution in [2.45, 2.75) is 39.2 Å². The number of fused-ring (bicyclic) bond motifs is 1. The van der Waals surface area contributed by atoms with E-state index in [-0.39, 0.29) is 5.91 Å². The average molecular weight is 399 g/mol. The molecule has 0 unspecified atom stereocenters. The van der Waals surface area contributed by atoms with Gasteiger partial charge in [-0.05, 0) is 57.6 Å². The molecule has 1 N–H and O–H groups in total. The minimum atomic E-state index is -0.616. The number of nitrogens with one attached hydrogen (secondary N) is 1. The summed E-state index contributed by atoms with van der Waals surface area (Å²) in [6.07, 6.45) is 1.37. The molecule has 0 bridgehead atoms. The van der Waals surface area contributed by atoms with Crippen LogP contribution in [0.15, 0.2) is 23.8 Å². The number of likely N-dealkylation sites (tertiary alicyclic amines) is 1. The normalized spacial score (nSPS) is 17.7. The third kappa shape index (κ3) is 3.69. The fourth-order valence-electron chi connectivity index (χ4n) is 3.71. The molecule has 0 aliphatic carbocycles. The highest BCUT2D eigenvalue weighted by Crippen LogP contribution is 2.44. The molecule has 1 aromatic carbocycles. The zero-order valence-electron chi connectivity index (χ0n) is 16.8. The van der Waals surface area contributed by atoms with E-state index < -0.39 is 5.60 Å². The average Bonchev–Trinajstić information content (AvgIpc) is 3.07. The van der Waals surface area contributed by atoms with Crippen molar-refractivity contribution in [1.82, 2.24) is 15.1 Å². The Morgan fingerprint density at radius 1 is 1.46 bits per heavy atom. The molecule has 28 heavy (non-hydrogen) atoms. The number of carbonyl (C=O) groups excluding carboxylic acids is 1. The van der Waals surface area contributed by atoms with Gasteiger partial charge in [0.15, 0.2) is 5.11 Å². The van der Waals surface area contributed by atoms with Gasteiger partial charge in [-0.2, -0.15) is 5.26 Å². The van der Waals surface area contributed by atoms with Gasteiger partial charge < -0.3 is 19.9 Å². The Kier molecular flexibility index (Phi) is 5.61. The summed E-state index contributed by atoms with van der Waals surface area (Å²) in [5.74, 6) is 0.801. The number of hydrogen-bond donors (Lipinski definition) is 1. The molecule has 0 spiro atoms. The van der Waals surface area contributed by atoms with Crippen molar-refractivity contribution in [3.63, 3.8) is 0 Å². The van der Waals surface area contributed by atoms with E-state index in [1.165, 1.54) is 0 Å². The van der Waals surface area contributed by atoms with E-state index in [0.717, 1.165) is 29.8 Å². The minimum Gasteiger partial charge on any atom is -0.483 e. The second-order valence-electron chi connectivity index (χ2n) is 7.60. The van der Waals surface area contributed by atoms with Gasteiger partial charge in [0.2, 0.25) is 5.91 Å². The quantitative estimate of drug-likeness (QED) is 0.787. The van der Waals surface area contributed by atoms with Crippen LogP contribution < -0.4 is 10.1 Å². The van der Waals surface area contributed by atoms with Crippen molar-refractivity contribution >= 4 is 28.9 Å². The highest BCUT2D eigenvalue weighted by molar-refractivity contribution is 7.80. The number of carbonyl (C=O) groups is 1. The molecule has 148 valence electrons. The van der Waals surface area contributed by atoms with Crippen LogP contribution in [-0.4, -0.2) is 53.1 Å². The molecule has 6 nitrogen and oxygen atoms in total. The molecule has 1 saturated heterocycles. The van der Waals surface area contributed by atoms with Crippen LogP contribution in [0.2, 0.25) is 0 Å². The Balaban J connectivity index is 2.16. The number of rotatable bonds is 4. The lowest BCUT2D eigenvalue weighted by Crippen LogP contribution is -2.46. The molecule has 2 aliphatic heterocycles. The summed E-state index contributed by atoms with van der Waals surface area (Å²) >= 11 is 5.46. The van der Waals surface area contributed by atoms with Crippen LogP contribution in [0.25, 0.3) is 5.70 Å². The van der Waals surface area contributed by atoms with Crippen LogP contribution in [0.4, 0.5) is 0 Å². The monoisotopic (exact) mass is 398 g/mol.